The van der Waals surface area contributed by atoms with Crippen LogP contribution in [0.25, 0.3) is 22.0 Å². The molecule has 0 spiro atoms. The van der Waals surface area contributed by atoms with Gasteiger partial charge < -0.3 is 20.2 Å². The lowest BCUT2D eigenvalue weighted by atomic mass is 10.0. The van der Waals surface area contributed by atoms with E-state index in [4.69, 9.17) is 11.6 Å². The zero-order valence-corrected chi connectivity index (χ0v) is 21.7. The third kappa shape index (κ3) is 5.10. The summed E-state index contributed by atoms with van der Waals surface area (Å²) in [6, 6.07) is 18.5. The summed E-state index contributed by atoms with van der Waals surface area (Å²) in [5.41, 5.74) is 4.15. The fourth-order valence-corrected chi connectivity index (χ4v) is 5.37. The lowest BCUT2D eigenvalue weighted by molar-refractivity contribution is 0.211. The average Bonchev–Trinajstić information content (AvgIpc) is 3.59. The first-order valence-electron chi connectivity index (χ1n) is 13.0. The molecule has 2 N–H and O–H groups in total. The van der Waals surface area contributed by atoms with Gasteiger partial charge in [0, 0.05) is 59.7 Å². The molecule has 1 aromatic heterocycles. The van der Waals surface area contributed by atoms with Crippen LogP contribution in [0.15, 0.2) is 66.9 Å². The van der Waals surface area contributed by atoms with Gasteiger partial charge in [-0.15, -0.1) is 0 Å². The van der Waals surface area contributed by atoms with Crippen molar-refractivity contribution in [2.24, 2.45) is 0 Å². The van der Waals surface area contributed by atoms with Gasteiger partial charge in [-0.05, 0) is 86.1 Å². The fraction of sp³-hybridized carbons (Fsp3) is 0.276. The van der Waals surface area contributed by atoms with Crippen LogP contribution >= 0.6 is 11.6 Å². The Bertz CT molecular complexity index is 1470. The predicted octanol–water partition coefficient (Wildman–Crippen LogP) is 5.74. The average molecular weight is 529 g/mol. The molecule has 3 aromatic carbocycles. The van der Waals surface area contributed by atoms with Crippen LogP contribution in [0.1, 0.15) is 12.8 Å². The molecule has 3 heterocycles. The lowest BCUT2D eigenvalue weighted by Gasteiger charge is -2.22. The van der Waals surface area contributed by atoms with Crippen molar-refractivity contribution in [3.63, 3.8) is 0 Å². The number of hydrogen-bond acceptors (Lipinski definition) is 6. The second kappa shape index (κ2) is 10.5. The molecule has 8 nitrogen and oxygen atoms in total. The number of fused-ring (bicyclic) bond motifs is 1. The minimum absolute atomic E-state index is 0.0779. The highest BCUT2D eigenvalue weighted by Crippen LogP contribution is 2.33. The molecule has 2 amide bonds. The van der Waals surface area contributed by atoms with E-state index in [1.807, 2.05) is 52.3 Å². The van der Waals surface area contributed by atoms with Gasteiger partial charge in [0.05, 0.1) is 5.52 Å². The van der Waals surface area contributed by atoms with Gasteiger partial charge in [0.1, 0.15) is 5.75 Å². The molecule has 4 aromatic rings. The summed E-state index contributed by atoms with van der Waals surface area (Å²) in [6.07, 6.45) is 4.29. The van der Waals surface area contributed by atoms with Gasteiger partial charge in [-0.3, -0.25) is 4.90 Å². The largest absolute Gasteiger partial charge is 0.508 e. The zero-order chi connectivity index (χ0) is 26.1. The Morgan fingerprint density at radius 2 is 1.74 bits per heavy atom. The maximum absolute atomic E-state index is 12.9. The second-order valence-electron chi connectivity index (χ2n) is 9.77. The number of halogens is 1. The third-order valence-corrected chi connectivity index (χ3v) is 7.59. The number of carbonyl (C=O) groups is 1. The number of phenols is 1. The number of likely N-dealkylation sites (tertiary alicyclic amines) is 1. The highest BCUT2D eigenvalue weighted by atomic mass is 35.5. The first-order chi connectivity index (χ1) is 18.5. The molecule has 0 aliphatic carbocycles. The minimum atomic E-state index is 0.0779. The van der Waals surface area contributed by atoms with E-state index in [0.29, 0.717) is 17.5 Å². The molecule has 0 unspecified atom stereocenters. The van der Waals surface area contributed by atoms with E-state index in [0.717, 1.165) is 66.1 Å². The van der Waals surface area contributed by atoms with Crippen LogP contribution in [0.2, 0.25) is 5.02 Å². The Morgan fingerprint density at radius 3 is 2.55 bits per heavy atom. The van der Waals surface area contributed by atoms with Gasteiger partial charge in [0.25, 0.3) is 0 Å². The molecule has 0 radical (unpaired) electrons. The summed E-state index contributed by atoms with van der Waals surface area (Å²) < 4.78 is 0. The van der Waals surface area contributed by atoms with Gasteiger partial charge in [-0.2, -0.15) is 0 Å². The number of amides is 2. The molecule has 0 bridgehead atoms. The SMILES string of the molecule is O=C1N(CCN2CCCC2)CCN1c1ccc(Nc2ncc3cc(-c4cc(O)ccc4Cl)ccc3n2)cc1. The molecule has 38 heavy (non-hydrogen) atoms. The number of carbonyl (C=O) groups excluding carboxylic acids is 1. The molecule has 2 saturated heterocycles. The van der Waals surface area contributed by atoms with Gasteiger partial charge in [-0.25, -0.2) is 14.8 Å². The van der Waals surface area contributed by atoms with Crippen LogP contribution in [0.4, 0.5) is 22.1 Å². The van der Waals surface area contributed by atoms with Crippen molar-refractivity contribution < 1.29 is 9.90 Å². The molecule has 0 atom stereocenters. The number of aromatic hydroxyl groups is 1. The minimum Gasteiger partial charge on any atom is -0.508 e. The van der Waals surface area contributed by atoms with E-state index >= 15 is 0 Å². The van der Waals surface area contributed by atoms with Crippen molar-refractivity contribution in [1.82, 2.24) is 19.8 Å². The molecule has 2 fully saturated rings. The molecular formula is C29H29ClN6O2. The quantitative estimate of drug-likeness (QED) is 0.318. The predicted molar refractivity (Wildman–Crippen MR) is 151 cm³/mol. The Balaban J connectivity index is 1.11. The molecule has 0 saturated carbocycles. The number of urea groups is 1. The highest BCUT2D eigenvalue weighted by Gasteiger charge is 2.29. The van der Waals surface area contributed by atoms with Crippen LogP contribution in [-0.2, 0) is 0 Å². The topological polar surface area (TPSA) is 84.8 Å². The Kier molecular flexibility index (Phi) is 6.74. The summed E-state index contributed by atoms with van der Waals surface area (Å²) in [7, 11) is 0. The monoisotopic (exact) mass is 528 g/mol. The number of aromatic nitrogens is 2. The summed E-state index contributed by atoms with van der Waals surface area (Å²) >= 11 is 6.33. The number of hydrogen-bond donors (Lipinski definition) is 2. The molecule has 2 aliphatic rings. The van der Waals surface area contributed by atoms with Crippen molar-refractivity contribution >= 4 is 45.9 Å². The van der Waals surface area contributed by atoms with E-state index < -0.39 is 0 Å². The number of nitrogens with zero attached hydrogens (tertiary/aromatic N) is 5. The Labute approximate surface area is 226 Å². The van der Waals surface area contributed by atoms with E-state index in [2.05, 4.69) is 20.2 Å². The first kappa shape index (κ1) is 24.5. The van der Waals surface area contributed by atoms with Crippen molar-refractivity contribution in [2.45, 2.75) is 12.8 Å². The normalized spacial score (nSPS) is 16.1. The van der Waals surface area contributed by atoms with Gasteiger partial charge in [0.2, 0.25) is 5.95 Å². The number of anilines is 3. The highest BCUT2D eigenvalue weighted by molar-refractivity contribution is 6.33. The van der Waals surface area contributed by atoms with Crippen LogP contribution in [0, 0.1) is 0 Å². The van der Waals surface area contributed by atoms with Crippen LogP contribution in [-0.4, -0.2) is 70.2 Å². The Morgan fingerprint density at radius 1 is 0.921 bits per heavy atom. The lowest BCUT2D eigenvalue weighted by Crippen LogP contribution is -2.37. The molecule has 194 valence electrons. The van der Waals surface area contributed by atoms with Crippen LogP contribution in [0.5, 0.6) is 5.75 Å². The van der Waals surface area contributed by atoms with E-state index in [-0.39, 0.29) is 11.8 Å². The molecule has 6 rings (SSSR count). The van der Waals surface area contributed by atoms with Crippen LogP contribution < -0.4 is 10.2 Å². The number of benzene rings is 3. The second-order valence-corrected chi connectivity index (χ2v) is 10.2. The number of rotatable bonds is 7. The van der Waals surface area contributed by atoms with Crippen molar-refractivity contribution in [2.75, 3.05) is 49.5 Å². The standard InChI is InChI=1S/C29H29ClN6O2/c30-26-9-8-24(37)18-25(26)20-3-10-27-21(17-20)19-31-28(33-27)32-22-4-6-23(7-5-22)36-16-15-35(29(36)38)14-13-34-11-1-2-12-34/h3-10,17-19,37H,1-2,11-16H2,(H,31,32,33). The maximum Gasteiger partial charge on any atom is 0.324 e. The van der Waals surface area contributed by atoms with Crippen molar-refractivity contribution in [3.8, 4) is 16.9 Å². The van der Waals surface area contributed by atoms with Gasteiger partial charge >= 0.3 is 6.03 Å². The van der Waals surface area contributed by atoms with E-state index in [9.17, 15) is 9.90 Å². The summed E-state index contributed by atoms with van der Waals surface area (Å²) in [6.45, 7) is 5.51. The maximum atomic E-state index is 12.9. The summed E-state index contributed by atoms with van der Waals surface area (Å²) in [5, 5.41) is 14.5. The number of phenolic OH excluding ortho intramolecular Hbond substituents is 1. The molecular weight excluding hydrogens is 500 g/mol. The van der Waals surface area contributed by atoms with Gasteiger partial charge in [-0.1, -0.05) is 17.7 Å². The van der Waals surface area contributed by atoms with E-state index in [1.165, 1.54) is 12.8 Å². The first-order valence-corrected chi connectivity index (χ1v) is 13.3. The van der Waals surface area contributed by atoms with Crippen LogP contribution in [0.3, 0.4) is 0 Å². The van der Waals surface area contributed by atoms with E-state index in [1.54, 1.807) is 24.4 Å². The summed E-state index contributed by atoms with van der Waals surface area (Å²) in [5.74, 6) is 0.647. The Hall–Kier alpha value is -3.88. The molecule has 9 heteroatoms. The third-order valence-electron chi connectivity index (χ3n) is 7.26. The van der Waals surface area contributed by atoms with Crippen molar-refractivity contribution in [3.05, 3.63) is 71.9 Å². The smallest absolute Gasteiger partial charge is 0.324 e. The number of nitrogens with one attached hydrogen (secondary N) is 1. The van der Waals surface area contributed by atoms with Crippen molar-refractivity contribution in [1.29, 1.82) is 0 Å². The summed E-state index contributed by atoms with van der Waals surface area (Å²) in [4.78, 5) is 28.3. The molecule has 2 aliphatic heterocycles. The fourth-order valence-electron chi connectivity index (χ4n) is 5.15. The van der Waals surface area contributed by atoms with Gasteiger partial charge in [0.15, 0.2) is 0 Å². The zero-order valence-electron chi connectivity index (χ0n) is 21.0.